The van der Waals surface area contributed by atoms with E-state index in [4.69, 9.17) is 4.74 Å². The number of hydrogen-bond acceptors (Lipinski definition) is 6. The zero-order valence-corrected chi connectivity index (χ0v) is 20.0. The summed E-state index contributed by atoms with van der Waals surface area (Å²) in [6, 6.07) is 8.07. The highest BCUT2D eigenvalue weighted by molar-refractivity contribution is 7.90. The maximum Gasteiger partial charge on any atom is 0.407 e. The Labute approximate surface area is 198 Å². The van der Waals surface area contributed by atoms with Gasteiger partial charge in [-0.15, -0.1) is 0 Å². The zero-order valence-electron chi connectivity index (χ0n) is 19.2. The molecule has 2 aromatic rings. The second kappa shape index (κ2) is 11.2. The molecular weight excluding hydrogens is 466 g/mol. The van der Waals surface area contributed by atoms with Gasteiger partial charge >= 0.3 is 6.09 Å². The highest BCUT2D eigenvalue weighted by Gasteiger charge is 2.31. The minimum atomic E-state index is -3.34. The molecule has 0 aliphatic carbocycles. The number of rotatable bonds is 9. The van der Waals surface area contributed by atoms with Crippen molar-refractivity contribution in [2.45, 2.75) is 50.7 Å². The molecule has 34 heavy (non-hydrogen) atoms. The Balaban J connectivity index is 1.78. The number of carbonyl (C=O) groups is 1. The molecule has 0 bridgehead atoms. The van der Waals surface area contributed by atoms with E-state index in [0.29, 0.717) is 12.1 Å². The number of hydrogen-bond donors (Lipinski definition) is 3. The third kappa shape index (κ3) is 6.97. The van der Waals surface area contributed by atoms with Crippen LogP contribution in [0.1, 0.15) is 42.1 Å². The number of aryl methyl sites for hydroxylation is 1. The van der Waals surface area contributed by atoms with Crippen LogP contribution in [0.4, 0.5) is 13.6 Å². The Morgan fingerprint density at radius 1 is 1.15 bits per heavy atom. The number of nitrogens with one attached hydrogen (secondary N) is 2. The highest BCUT2D eigenvalue weighted by atomic mass is 32.2. The predicted molar refractivity (Wildman–Crippen MR) is 124 cm³/mol. The van der Waals surface area contributed by atoms with Crippen LogP contribution < -0.4 is 10.6 Å². The average Bonchev–Trinajstić information content (AvgIpc) is 2.75. The van der Waals surface area contributed by atoms with Crippen molar-refractivity contribution in [2.24, 2.45) is 0 Å². The van der Waals surface area contributed by atoms with Crippen molar-refractivity contribution < 1.29 is 31.8 Å². The number of amides is 1. The van der Waals surface area contributed by atoms with Crippen LogP contribution in [0.25, 0.3) is 0 Å². The second-order valence-corrected chi connectivity index (χ2v) is 10.5. The largest absolute Gasteiger partial charge is 0.443 e. The van der Waals surface area contributed by atoms with Crippen molar-refractivity contribution in [1.29, 1.82) is 0 Å². The van der Waals surface area contributed by atoms with Gasteiger partial charge in [-0.25, -0.2) is 22.0 Å². The van der Waals surface area contributed by atoms with Gasteiger partial charge in [0.1, 0.15) is 23.8 Å². The smallest absolute Gasteiger partial charge is 0.407 e. The van der Waals surface area contributed by atoms with Gasteiger partial charge in [-0.3, -0.25) is 0 Å². The van der Waals surface area contributed by atoms with E-state index in [-0.39, 0.29) is 30.0 Å². The third-order valence-corrected chi connectivity index (χ3v) is 7.32. The first-order valence-corrected chi connectivity index (χ1v) is 13.0. The maximum absolute atomic E-state index is 13.6. The van der Waals surface area contributed by atoms with Crippen molar-refractivity contribution >= 4 is 15.9 Å². The summed E-state index contributed by atoms with van der Waals surface area (Å²) in [6.45, 7) is 3.90. The lowest BCUT2D eigenvalue weighted by Gasteiger charge is -2.30. The predicted octanol–water partition coefficient (Wildman–Crippen LogP) is 2.80. The molecule has 186 valence electrons. The van der Waals surface area contributed by atoms with Gasteiger partial charge in [0.2, 0.25) is 0 Å². The first kappa shape index (κ1) is 26.1. The summed E-state index contributed by atoms with van der Waals surface area (Å²) in [5.74, 6) is -1.73. The lowest BCUT2D eigenvalue weighted by molar-refractivity contribution is 0.00294. The van der Waals surface area contributed by atoms with E-state index in [2.05, 4.69) is 10.6 Å². The summed E-state index contributed by atoms with van der Waals surface area (Å²) in [5.41, 5.74) is 2.84. The minimum Gasteiger partial charge on any atom is -0.443 e. The Hall–Kier alpha value is -2.56. The van der Waals surface area contributed by atoms with Crippen LogP contribution >= 0.6 is 0 Å². The normalized spacial score (nSPS) is 18.6. The fourth-order valence-electron chi connectivity index (χ4n) is 4.06. The van der Waals surface area contributed by atoms with Crippen molar-refractivity contribution in [3.05, 3.63) is 70.3 Å². The monoisotopic (exact) mass is 496 g/mol. The highest BCUT2D eigenvalue weighted by Crippen LogP contribution is 2.29. The molecule has 1 amide bonds. The molecule has 1 aliphatic rings. The van der Waals surface area contributed by atoms with E-state index in [1.54, 1.807) is 6.92 Å². The minimum absolute atomic E-state index is 0.0406. The van der Waals surface area contributed by atoms with Gasteiger partial charge in [0.25, 0.3) is 0 Å². The number of alkyl carbamates (subject to hydrolysis) is 1. The van der Waals surface area contributed by atoms with Gasteiger partial charge in [0.15, 0.2) is 9.84 Å². The van der Waals surface area contributed by atoms with E-state index in [0.717, 1.165) is 35.7 Å². The topological polar surface area (TPSA) is 105 Å². The second-order valence-electron chi connectivity index (χ2n) is 8.43. The van der Waals surface area contributed by atoms with Crippen LogP contribution in [0, 0.1) is 11.6 Å². The van der Waals surface area contributed by atoms with Crippen molar-refractivity contribution in [3.63, 3.8) is 0 Å². The maximum atomic E-state index is 13.6. The molecule has 0 unspecified atom stereocenters. The number of aliphatic hydroxyl groups excluding tert-OH is 1. The molecule has 1 aliphatic heterocycles. The van der Waals surface area contributed by atoms with Crippen molar-refractivity contribution in [1.82, 2.24) is 10.6 Å². The van der Waals surface area contributed by atoms with Crippen LogP contribution in [0.3, 0.4) is 0 Å². The van der Waals surface area contributed by atoms with Crippen molar-refractivity contribution in [3.8, 4) is 0 Å². The van der Waals surface area contributed by atoms with E-state index in [9.17, 15) is 27.1 Å². The number of benzene rings is 2. The quantitative estimate of drug-likeness (QED) is 0.493. The molecule has 3 atom stereocenters. The molecule has 0 saturated carbocycles. The molecule has 1 heterocycles. The third-order valence-electron chi connectivity index (χ3n) is 5.73. The number of ether oxygens (including phenoxy) is 1. The summed E-state index contributed by atoms with van der Waals surface area (Å²) < 4.78 is 57.5. The number of sulfone groups is 1. The number of aliphatic hydroxyl groups is 1. The fourth-order valence-corrected chi connectivity index (χ4v) is 5.72. The lowest BCUT2D eigenvalue weighted by Crippen LogP contribution is -2.44. The molecule has 0 aromatic heterocycles. The first-order chi connectivity index (χ1) is 16.1. The van der Waals surface area contributed by atoms with Crippen LogP contribution in [0.15, 0.2) is 36.4 Å². The van der Waals surface area contributed by atoms with Crippen molar-refractivity contribution in [2.75, 3.05) is 18.8 Å². The molecule has 0 saturated heterocycles. The number of carbonyl (C=O) groups excluding carboxylic acids is 1. The van der Waals surface area contributed by atoms with Gasteiger partial charge in [-0.05, 0) is 47.7 Å². The van der Waals surface area contributed by atoms with Gasteiger partial charge in [-0.2, -0.15) is 0 Å². The van der Waals surface area contributed by atoms with Gasteiger partial charge in [-0.1, -0.05) is 25.1 Å². The van der Waals surface area contributed by atoms with Crippen LogP contribution in [-0.2, 0) is 33.2 Å². The molecule has 3 rings (SSSR count). The Kier molecular flexibility index (Phi) is 8.62. The molecule has 2 aromatic carbocycles. The summed E-state index contributed by atoms with van der Waals surface area (Å²) in [4.78, 5) is 12.0. The molecule has 0 radical (unpaired) electrons. The zero-order chi connectivity index (χ0) is 24.9. The number of halogens is 2. The Morgan fingerprint density at radius 3 is 2.50 bits per heavy atom. The van der Waals surface area contributed by atoms with Gasteiger partial charge in [0, 0.05) is 31.6 Å². The average molecular weight is 497 g/mol. The Bertz CT molecular complexity index is 1110. The van der Waals surface area contributed by atoms with E-state index in [1.165, 1.54) is 0 Å². The van der Waals surface area contributed by atoms with E-state index < -0.39 is 45.8 Å². The van der Waals surface area contributed by atoms with Crippen LogP contribution in [0.2, 0.25) is 0 Å². The van der Waals surface area contributed by atoms with Gasteiger partial charge < -0.3 is 20.5 Å². The lowest BCUT2D eigenvalue weighted by atomic mass is 9.97. The molecule has 7 nitrogen and oxygen atoms in total. The molecule has 0 spiro atoms. The summed E-state index contributed by atoms with van der Waals surface area (Å²) in [7, 11) is -3.34. The summed E-state index contributed by atoms with van der Waals surface area (Å²) in [6.07, 6.45) is -2.50. The fraction of sp³-hybridized carbons (Fsp3) is 0.458. The SMILES string of the molecule is CCNC(=O)O[C@@H](Cc1cc(F)cc(F)c1)[C@H](O)CN[C@H]1CS(=O)(=O)Cc2ccc(CC)cc21. The molecular formula is C24H30F2N2O5S. The Morgan fingerprint density at radius 2 is 1.85 bits per heavy atom. The van der Waals surface area contributed by atoms with Crippen LogP contribution in [0.5, 0.6) is 0 Å². The summed E-state index contributed by atoms with van der Waals surface area (Å²) in [5, 5.41) is 16.4. The first-order valence-electron chi connectivity index (χ1n) is 11.2. The summed E-state index contributed by atoms with van der Waals surface area (Å²) >= 11 is 0. The number of fused-ring (bicyclic) bond motifs is 1. The molecule has 0 fully saturated rings. The van der Waals surface area contributed by atoms with Gasteiger partial charge in [0.05, 0.1) is 11.5 Å². The van der Waals surface area contributed by atoms with E-state index >= 15 is 0 Å². The molecule has 10 heteroatoms. The van der Waals surface area contributed by atoms with Crippen LogP contribution in [-0.4, -0.2) is 50.7 Å². The standard InChI is InChI=1S/C24H30F2N2O5S/c1-3-15-5-6-17-13-34(31,32)14-21(20(17)9-15)28-12-22(29)23(33-24(30)27-4-2)10-16-7-18(25)11-19(26)8-16/h5-9,11,21-23,28-29H,3-4,10,12-14H2,1-2H3,(H,27,30)/t21-,22+,23-/m0/s1. The molecule has 3 N–H and O–H groups in total. The van der Waals surface area contributed by atoms with E-state index in [1.807, 2.05) is 25.1 Å².